The molecule has 8 bridgehead atoms. The van der Waals surface area contributed by atoms with Gasteiger partial charge in [-0.15, -0.1) is 0 Å². The van der Waals surface area contributed by atoms with Crippen LogP contribution in [0.2, 0.25) is 0 Å². The molecule has 1 aromatic rings. The van der Waals surface area contributed by atoms with Gasteiger partial charge in [0.1, 0.15) is 0 Å². The van der Waals surface area contributed by atoms with Crippen LogP contribution in [0.25, 0.3) is 0 Å². The minimum absolute atomic E-state index is 0.527. The first kappa shape index (κ1) is 20.9. The number of hydrogen-bond acceptors (Lipinski definition) is 2. The van der Waals surface area contributed by atoms with Gasteiger partial charge < -0.3 is 0 Å². The largest absolute Gasteiger partial charge is 0.292 e. The number of benzene rings is 1. The summed E-state index contributed by atoms with van der Waals surface area (Å²) in [7, 11) is 0. The van der Waals surface area contributed by atoms with Gasteiger partial charge in [-0.05, 0) is 141 Å². The minimum atomic E-state index is 0.527. The fraction of sp³-hybridized carbons (Fsp3) is 0.742. The van der Waals surface area contributed by atoms with E-state index < -0.39 is 0 Å². The summed E-state index contributed by atoms with van der Waals surface area (Å²) in [6, 6.07) is 8.95. The topological polar surface area (TPSA) is 24.7 Å². The Bertz CT molecular complexity index is 875. The molecule has 0 radical (unpaired) electrons. The molecule has 176 valence electrons. The highest BCUT2D eigenvalue weighted by atomic mass is 14.8. The first-order valence-electron chi connectivity index (χ1n) is 14.2. The second-order valence-electron chi connectivity index (χ2n) is 13.8. The average Bonchev–Trinajstić information content (AvgIpc) is 2.97. The molecule has 2 unspecified atom stereocenters. The second kappa shape index (κ2) is 8.06. The molecule has 8 aliphatic rings. The van der Waals surface area contributed by atoms with Crippen LogP contribution in [0.5, 0.6) is 0 Å². The first-order valence-corrected chi connectivity index (χ1v) is 14.2. The fourth-order valence-electron chi connectivity index (χ4n) is 10.3. The quantitative estimate of drug-likeness (QED) is 0.412. The van der Waals surface area contributed by atoms with E-state index in [2.05, 4.69) is 36.7 Å². The van der Waals surface area contributed by atoms with Crippen molar-refractivity contribution in [2.45, 2.75) is 83.5 Å². The summed E-state index contributed by atoms with van der Waals surface area (Å²) in [5.41, 5.74) is 3.57. The molecule has 0 aromatic heterocycles. The van der Waals surface area contributed by atoms with E-state index in [0.29, 0.717) is 10.8 Å². The van der Waals surface area contributed by atoms with E-state index in [9.17, 15) is 0 Å². The minimum Gasteiger partial charge on any atom is -0.292 e. The normalized spacial score (nSPS) is 45.5. The molecular formula is C31H42N2. The summed E-state index contributed by atoms with van der Waals surface area (Å²) in [6.45, 7) is 2.12. The number of nitrogens with zero attached hydrogens (tertiary/aromatic N) is 2. The maximum atomic E-state index is 5.01. The second-order valence-corrected chi connectivity index (χ2v) is 13.8. The molecule has 2 heteroatoms. The van der Waals surface area contributed by atoms with Crippen LogP contribution in [0.15, 0.2) is 34.3 Å². The van der Waals surface area contributed by atoms with Gasteiger partial charge in [0.15, 0.2) is 0 Å². The first-order chi connectivity index (χ1) is 16.1. The Morgan fingerprint density at radius 2 is 0.970 bits per heavy atom. The molecule has 0 N–H and O–H groups in total. The highest BCUT2D eigenvalue weighted by Gasteiger charge is 2.50. The highest BCUT2D eigenvalue weighted by Crippen LogP contribution is 2.60. The molecule has 33 heavy (non-hydrogen) atoms. The Labute approximate surface area is 200 Å². The van der Waals surface area contributed by atoms with Crippen LogP contribution in [0, 0.1) is 46.3 Å². The van der Waals surface area contributed by atoms with Crippen LogP contribution in [-0.4, -0.2) is 25.5 Å². The molecule has 0 amide bonds. The zero-order valence-corrected chi connectivity index (χ0v) is 20.4. The van der Waals surface area contributed by atoms with Gasteiger partial charge in [-0.2, -0.15) is 0 Å². The van der Waals surface area contributed by atoms with E-state index in [1.807, 2.05) is 0 Å². The lowest BCUT2D eigenvalue weighted by molar-refractivity contribution is -0.0464. The van der Waals surface area contributed by atoms with E-state index in [0.717, 1.165) is 48.6 Å². The van der Waals surface area contributed by atoms with Gasteiger partial charge in [-0.25, -0.2) is 0 Å². The summed E-state index contributed by atoms with van der Waals surface area (Å²) in [6.07, 6.45) is 23.6. The summed E-state index contributed by atoms with van der Waals surface area (Å²) in [5.74, 6) is 6.13. The van der Waals surface area contributed by atoms with Gasteiger partial charge in [0.2, 0.25) is 0 Å². The maximum Gasteiger partial charge on any atom is 0.0446 e. The van der Waals surface area contributed by atoms with Crippen molar-refractivity contribution < 1.29 is 0 Å². The van der Waals surface area contributed by atoms with E-state index >= 15 is 0 Å². The molecule has 1 aromatic carbocycles. The molecule has 9 rings (SSSR count). The summed E-state index contributed by atoms with van der Waals surface area (Å²) in [5, 5.41) is 0. The van der Waals surface area contributed by atoms with Gasteiger partial charge in [-0.1, -0.05) is 24.3 Å². The Kier molecular flexibility index (Phi) is 5.10. The van der Waals surface area contributed by atoms with Gasteiger partial charge in [0.05, 0.1) is 0 Å². The van der Waals surface area contributed by atoms with Crippen molar-refractivity contribution in [3.8, 4) is 0 Å². The third-order valence-corrected chi connectivity index (χ3v) is 11.0. The molecule has 2 atom stereocenters. The van der Waals surface area contributed by atoms with Crippen LogP contribution in [-0.2, 0) is 0 Å². The predicted molar refractivity (Wildman–Crippen MR) is 137 cm³/mol. The Morgan fingerprint density at radius 3 is 1.45 bits per heavy atom. The molecule has 8 fully saturated rings. The van der Waals surface area contributed by atoms with Gasteiger partial charge in [-0.3, -0.25) is 9.98 Å². The number of fused-ring (bicyclic) bond motifs is 1. The molecule has 0 spiro atoms. The van der Waals surface area contributed by atoms with Crippen LogP contribution in [0.4, 0.5) is 0 Å². The lowest BCUT2D eigenvalue weighted by Gasteiger charge is -2.56. The third-order valence-electron chi connectivity index (χ3n) is 11.0. The summed E-state index contributed by atoms with van der Waals surface area (Å²) >= 11 is 0. The standard InChI is InChI=1S/C31H42N2/c1-3-23(19-33-21-31-15-27-10-28(16-31)12-29(11-27)17-31)4-2-22(1)18-32-20-30-6-5-24-7-25(13-30)9-26(8-24)14-30/h1-4,18-19,24-29H,5-17,20-21H2. The Hall–Kier alpha value is -1.44. The van der Waals surface area contributed by atoms with E-state index in [-0.39, 0.29) is 0 Å². The highest BCUT2D eigenvalue weighted by molar-refractivity contribution is 5.84. The van der Waals surface area contributed by atoms with Crippen molar-refractivity contribution >= 4 is 12.4 Å². The number of rotatable bonds is 6. The molecule has 8 aliphatic carbocycles. The Balaban J connectivity index is 0.957. The van der Waals surface area contributed by atoms with Crippen molar-refractivity contribution in [2.24, 2.45) is 56.3 Å². The molecule has 2 nitrogen and oxygen atoms in total. The smallest absolute Gasteiger partial charge is 0.0446 e. The zero-order chi connectivity index (χ0) is 21.9. The molecule has 0 aliphatic heterocycles. The van der Waals surface area contributed by atoms with Crippen molar-refractivity contribution in [2.75, 3.05) is 13.1 Å². The summed E-state index contributed by atoms with van der Waals surface area (Å²) in [4.78, 5) is 9.99. The third kappa shape index (κ3) is 4.14. The van der Waals surface area contributed by atoms with Crippen LogP contribution >= 0.6 is 0 Å². The van der Waals surface area contributed by atoms with Gasteiger partial charge in [0, 0.05) is 25.5 Å². The van der Waals surface area contributed by atoms with E-state index in [4.69, 9.17) is 9.98 Å². The van der Waals surface area contributed by atoms with Crippen molar-refractivity contribution in [3.05, 3.63) is 35.4 Å². The summed E-state index contributed by atoms with van der Waals surface area (Å²) < 4.78 is 0. The lowest BCUT2D eigenvalue weighted by atomic mass is 9.49. The molecular weight excluding hydrogens is 400 g/mol. The van der Waals surface area contributed by atoms with Crippen molar-refractivity contribution in [1.82, 2.24) is 0 Å². The molecule has 0 saturated heterocycles. The monoisotopic (exact) mass is 442 g/mol. The van der Waals surface area contributed by atoms with Crippen molar-refractivity contribution in [1.29, 1.82) is 0 Å². The van der Waals surface area contributed by atoms with Crippen LogP contribution in [0.3, 0.4) is 0 Å². The number of aliphatic imine (C=N–C) groups is 2. The van der Waals surface area contributed by atoms with E-state index in [1.54, 1.807) is 0 Å². The molecule has 8 saturated carbocycles. The van der Waals surface area contributed by atoms with Crippen LogP contribution in [0.1, 0.15) is 94.6 Å². The number of hydrogen-bond donors (Lipinski definition) is 0. The van der Waals surface area contributed by atoms with Gasteiger partial charge >= 0.3 is 0 Å². The molecule has 0 heterocycles. The predicted octanol–water partition coefficient (Wildman–Crippen LogP) is 7.35. The fourth-order valence-corrected chi connectivity index (χ4v) is 10.3. The van der Waals surface area contributed by atoms with Gasteiger partial charge in [0.25, 0.3) is 0 Å². The average molecular weight is 443 g/mol. The lowest BCUT2D eigenvalue weighted by Crippen LogP contribution is -2.47. The van der Waals surface area contributed by atoms with E-state index in [1.165, 1.54) is 94.6 Å². The maximum absolute atomic E-state index is 5.01. The Morgan fingerprint density at radius 1 is 0.576 bits per heavy atom. The SMILES string of the molecule is C(=NCC12CCC3CC(CC(C3)C1)C2)c1ccc(C=NCC23CC4CC(CC(C4)C2)C3)cc1. The van der Waals surface area contributed by atoms with Crippen LogP contribution < -0.4 is 0 Å². The zero-order valence-electron chi connectivity index (χ0n) is 20.4. The van der Waals surface area contributed by atoms with Crippen molar-refractivity contribution in [3.63, 3.8) is 0 Å².